The Morgan fingerprint density at radius 3 is 2.68 bits per heavy atom. The molecule has 1 aliphatic heterocycles. The maximum atomic E-state index is 12.4. The van der Waals surface area contributed by atoms with E-state index in [0.29, 0.717) is 31.1 Å². The molecule has 1 saturated heterocycles. The molecule has 1 N–H and O–H groups in total. The number of nitrogens with one attached hydrogen (secondary N) is 1. The molecular weight excluding hydrogens is 416 g/mol. The van der Waals surface area contributed by atoms with E-state index in [2.05, 4.69) is 27.7 Å². The molecule has 10 heteroatoms. The standard InChI is InChI=1S/C18H22N4O3S3/c1-28(24,25)22-11-9-15(10-12-22)16(23)19-17-20-21-18(27-17)26-13-5-8-14-6-3-2-4-7-14/h2-8,15H,9-13H2,1H3,(H,19,20,23)/b8-5+. The molecular formula is C18H22N4O3S3. The van der Waals surface area contributed by atoms with Crippen molar-refractivity contribution < 1.29 is 13.2 Å². The van der Waals surface area contributed by atoms with Crippen LogP contribution in [0.4, 0.5) is 5.13 Å². The number of hydrogen-bond acceptors (Lipinski definition) is 7. The molecule has 0 aliphatic carbocycles. The highest BCUT2D eigenvalue weighted by atomic mass is 32.2. The van der Waals surface area contributed by atoms with Gasteiger partial charge in [-0.3, -0.25) is 4.79 Å². The molecule has 1 amide bonds. The number of carbonyl (C=O) groups is 1. The Bertz CT molecular complexity index is 921. The van der Waals surface area contributed by atoms with Crippen molar-refractivity contribution in [2.75, 3.05) is 30.4 Å². The summed E-state index contributed by atoms with van der Waals surface area (Å²) < 4.78 is 25.3. The number of anilines is 1. The molecule has 150 valence electrons. The topological polar surface area (TPSA) is 92.3 Å². The number of aromatic nitrogens is 2. The highest BCUT2D eigenvalue weighted by Gasteiger charge is 2.29. The Labute approximate surface area is 173 Å². The zero-order valence-corrected chi connectivity index (χ0v) is 17.9. The van der Waals surface area contributed by atoms with Crippen LogP contribution in [0.1, 0.15) is 18.4 Å². The van der Waals surface area contributed by atoms with Crippen LogP contribution in [0.15, 0.2) is 40.7 Å². The van der Waals surface area contributed by atoms with Crippen molar-refractivity contribution in [2.24, 2.45) is 5.92 Å². The van der Waals surface area contributed by atoms with Gasteiger partial charge in [0.25, 0.3) is 0 Å². The minimum Gasteiger partial charge on any atom is -0.300 e. The predicted molar refractivity (Wildman–Crippen MR) is 114 cm³/mol. The average molecular weight is 439 g/mol. The Hall–Kier alpha value is -1.75. The van der Waals surface area contributed by atoms with Crippen LogP contribution < -0.4 is 5.32 Å². The van der Waals surface area contributed by atoms with Crippen molar-refractivity contribution in [1.29, 1.82) is 0 Å². The van der Waals surface area contributed by atoms with E-state index < -0.39 is 10.0 Å². The summed E-state index contributed by atoms with van der Waals surface area (Å²) in [5.41, 5.74) is 1.15. The number of sulfonamides is 1. The first-order valence-electron chi connectivity index (χ1n) is 8.86. The van der Waals surface area contributed by atoms with E-state index in [-0.39, 0.29) is 11.8 Å². The molecule has 2 aromatic rings. The Kier molecular flexibility index (Phi) is 7.22. The van der Waals surface area contributed by atoms with E-state index in [4.69, 9.17) is 0 Å². The number of thioether (sulfide) groups is 1. The summed E-state index contributed by atoms with van der Waals surface area (Å²) in [4.78, 5) is 12.4. The molecule has 1 aliphatic rings. The molecule has 0 radical (unpaired) electrons. The lowest BCUT2D eigenvalue weighted by Gasteiger charge is -2.29. The third kappa shape index (κ3) is 6.13. The fraction of sp³-hybridized carbons (Fsp3) is 0.389. The normalized spacial score (nSPS) is 16.5. The highest BCUT2D eigenvalue weighted by molar-refractivity contribution is 8.01. The van der Waals surface area contributed by atoms with Crippen molar-refractivity contribution in [3.8, 4) is 0 Å². The minimum atomic E-state index is -3.19. The van der Waals surface area contributed by atoms with Crippen molar-refractivity contribution >= 4 is 50.2 Å². The lowest BCUT2D eigenvalue weighted by Crippen LogP contribution is -2.40. The van der Waals surface area contributed by atoms with Gasteiger partial charge in [-0.15, -0.1) is 10.2 Å². The predicted octanol–water partition coefficient (Wildman–Crippen LogP) is 2.95. The largest absolute Gasteiger partial charge is 0.300 e. The van der Waals surface area contributed by atoms with Crippen LogP contribution in [0.5, 0.6) is 0 Å². The number of nitrogens with zero attached hydrogens (tertiary/aromatic N) is 3. The quantitative estimate of drug-likeness (QED) is 0.528. The van der Waals surface area contributed by atoms with Gasteiger partial charge in [0, 0.05) is 24.8 Å². The lowest BCUT2D eigenvalue weighted by molar-refractivity contribution is -0.120. The molecule has 1 aromatic heterocycles. The minimum absolute atomic E-state index is 0.121. The second-order valence-corrected chi connectivity index (χ2v) is 10.6. The Morgan fingerprint density at radius 1 is 1.29 bits per heavy atom. The molecule has 3 rings (SSSR count). The van der Waals surface area contributed by atoms with Gasteiger partial charge >= 0.3 is 0 Å². The average Bonchev–Trinajstić information content (AvgIpc) is 3.13. The van der Waals surface area contributed by atoms with Gasteiger partial charge in [-0.05, 0) is 18.4 Å². The molecule has 1 aromatic carbocycles. The molecule has 0 spiro atoms. The third-order valence-corrected chi connectivity index (χ3v) is 7.57. The molecule has 28 heavy (non-hydrogen) atoms. The molecule has 0 saturated carbocycles. The summed E-state index contributed by atoms with van der Waals surface area (Å²) in [5.74, 6) is 0.443. The van der Waals surface area contributed by atoms with Gasteiger partial charge in [0.15, 0.2) is 4.34 Å². The maximum Gasteiger partial charge on any atom is 0.229 e. The van der Waals surface area contributed by atoms with Crippen LogP contribution in [-0.2, 0) is 14.8 Å². The van der Waals surface area contributed by atoms with E-state index in [9.17, 15) is 13.2 Å². The number of hydrogen-bond donors (Lipinski definition) is 1. The number of piperidine rings is 1. The maximum absolute atomic E-state index is 12.4. The smallest absolute Gasteiger partial charge is 0.229 e. The zero-order valence-electron chi connectivity index (χ0n) is 15.4. The fourth-order valence-electron chi connectivity index (χ4n) is 2.84. The summed E-state index contributed by atoms with van der Waals surface area (Å²) >= 11 is 2.90. The van der Waals surface area contributed by atoms with Gasteiger partial charge in [-0.25, -0.2) is 12.7 Å². The van der Waals surface area contributed by atoms with Crippen LogP contribution >= 0.6 is 23.1 Å². The van der Waals surface area contributed by atoms with E-state index in [1.807, 2.05) is 30.3 Å². The molecule has 2 heterocycles. The first-order chi connectivity index (χ1) is 13.4. The van der Waals surface area contributed by atoms with Gasteiger partial charge in [-0.2, -0.15) is 0 Å². The SMILES string of the molecule is CS(=O)(=O)N1CCC(C(=O)Nc2nnc(SC/C=C/c3ccccc3)s2)CC1. The fourth-order valence-corrected chi connectivity index (χ4v) is 5.31. The zero-order chi connectivity index (χ0) is 20.0. The van der Waals surface area contributed by atoms with Gasteiger partial charge in [0.1, 0.15) is 0 Å². The van der Waals surface area contributed by atoms with E-state index in [1.165, 1.54) is 21.9 Å². The van der Waals surface area contributed by atoms with E-state index >= 15 is 0 Å². The molecule has 0 atom stereocenters. The van der Waals surface area contributed by atoms with E-state index in [1.54, 1.807) is 11.8 Å². The second-order valence-electron chi connectivity index (χ2n) is 6.42. The summed E-state index contributed by atoms with van der Waals surface area (Å²) in [5, 5.41) is 11.4. The summed E-state index contributed by atoms with van der Waals surface area (Å²) in [6.07, 6.45) is 6.35. The summed E-state index contributed by atoms with van der Waals surface area (Å²) in [6, 6.07) is 10.1. The van der Waals surface area contributed by atoms with Crippen LogP contribution in [0.2, 0.25) is 0 Å². The first-order valence-corrected chi connectivity index (χ1v) is 12.5. The number of rotatable bonds is 7. The van der Waals surface area contributed by atoms with Crippen molar-refractivity contribution in [2.45, 2.75) is 17.2 Å². The van der Waals surface area contributed by atoms with Crippen LogP contribution in [0.3, 0.4) is 0 Å². The highest BCUT2D eigenvalue weighted by Crippen LogP contribution is 2.27. The summed E-state index contributed by atoms with van der Waals surface area (Å²) in [7, 11) is -3.19. The van der Waals surface area contributed by atoms with E-state index in [0.717, 1.165) is 15.7 Å². The van der Waals surface area contributed by atoms with Crippen molar-refractivity contribution in [3.05, 3.63) is 42.0 Å². The van der Waals surface area contributed by atoms with Gasteiger partial charge < -0.3 is 5.32 Å². The Morgan fingerprint density at radius 2 is 2.00 bits per heavy atom. The van der Waals surface area contributed by atoms with Gasteiger partial charge in [0.2, 0.25) is 21.1 Å². The van der Waals surface area contributed by atoms with Crippen LogP contribution in [0.25, 0.3) is 6.08 Å². The lowest BCUT2D eigenvalue weighted by atomic mass is 9.97. The van der Waals surface area contributed by atoms with Crippen molar-refractivity contribution in [1.82, 2.24) is 14.5 Å². The monoisotopic (exact) mass is 438 g/mol. The van der Waals surface area contributed by atoms with Crippen LogP contribution in [0, 0.1) is 5.92 Å². The Balaban J connectivity index is 1.44. The van der Waals surface area contributed by atoms with Crippen LogP contribution in [-0.4, -0.2) is 53.9 Å². The number of amides is 1. The van der Waals surface area contributed by atoms with Gasteiger partial charge in [-0.1, -0.05) is 65.6 Å². The number of carbonyl (C=O) groups excluding carboxylic acids is 1. The third-order valence-electron chi connectivity index (χ3n) is 4.34. The molecule has 7 nitrogen and oxygen atoms in total. The molecule has 1 fully saturated rings. The first kappa shape index (κ1) is 21.0. The molecule has 0 bridgehead atoms. The van der Waals surface area contributed by atoms with Gasteiger partial charge in [0.05, 0.1) is 6.26 Å². The summed E-state index contributed by atoms with van der Waals surface area (Å²) in [6.45, 7) is 0.754. The molecule has 0 unspecified atom stereocenters. The van der Waals surface area contributed by atoms with Crippen molar-refractivity contribution in [3.63, 3.8) is 0 Å². The second kappa shape index (κ2) is 9.64. The number of benzene rings is 1.